The lowest BCUT2D eigenvalue weighted by atomic mass is 9.85. The van der Waals surface area contributed by atoms with Crippen molar-refractivity contribution in [2.75, 3.05) is 19.5 Å². The number of aliphatic hydroxyl groups is 2. The van der Waals surface area contributed by atoms with Gasteiger partial charge in [0.2, 0.25) is 5.79 Å². The van der Waals surface area contributed by atoms with Crippen molar-refractivity contribution < 1.29 is 19.7 Å². The highest BCUT2D eigenvalue weighted by atomic mass is 16.7. The van der Waals surface area contributed by atoms with Crippen LogP contribution in [0, 0.1) is 0 Å². The number of nitrogens with two attached hydrogens (primary N) is 2. The van der Waals surface area contributed by atoms with Crippen LogP contribution in [0.15, 0.2) is 12.5 Å². The molecule has 1 fully saturated rings. The van der Waals surface area contributed by atoms with Crippen LogP contribution in [0.5, 0.6) is 0 Å². The summed E-state index contributed by atoms with van der Waals surface area (Å²) in [6.07, 6.45) is 0.656. The van der Waals surface area contributed by atoms with Gasteiger partial charge in [0, 0.05) is 7.11 Å². The van der Waals surface area contributed by atoms with Gasteiger partial charge in [-0.15, -0.1) is 0 Å². The summed E-state index contributed by atoms with van der Waals surface area (Å²) in [7, 11) is 1.39. The summed E-state index contributed by atoms with van der Waals surface area (Å²) in [6, 6.07) is 0. The fourth-order valence-electron chi connectivity index (χ4n) is 2.89. The third-order valence-electron chi connectivity index (χ3n) is 4.13. The van der Waals surface area contributed by atoms with Gasteiger partial charge < -0.3 is 31.2 Å². The Bertz CT molecular complexity index is 704. The number of nitrogens with zero attached hydrogens (tertiary/aromatic N) is 4. The monoisotopic (exact) mass is 310 g/mol. The van der Waals surface area contributed by atoms with E-state index in [2.05, 4.69) is 15.1 Å². The highest BCUT2D eigenvalue weighted by Crippen LogP contribution is 2.46. The Morgan fingerprint density at radius 3 is 2.82 bits per heavy atom. The molecule has 0 amide bonds. The van der Waals surface area contributed by atoms with Gasteiger partial charge >= 0.3 is 0 Å². The third kappa shape index (κ3) is 1.69. The summed E-state index contributed by atoms with van der Waals surface area (Å²) in [6.45, 7) is 1.16. The zero-order chi connectivity index (χ0) is 16.1. The van der Waals surface area contributed by atoms with E-state index in [1.165, 1.54) is 24.1 Å². The Kier molecular flexibility index (Phi) is 3.30. The maximum atomic E-state index is 10.3. The van der Waals surface area contributed by atoms with Crippen LogP contribution < -0.4 is 11.5 Å². The highest BCUT2D eigenvalue weighted by molar-refractivity contribution is 5.59. The second-order valence-corrected chi connectivity index (χ2v) is 5.41. The maximum absolute atomic E-state index is 10.3. The molecule has 3 heterocycles. The van der Waals surface area contributed by atoms with Crippen molar-refractivity contribution in [2.45, 2.75) is 30.5 Å². The van der Waals surface area contributed by atoms with Crippen molar-refractivity contribution in [3.8, 4) is 0 Å². The highest BCUT2D eigenvalue weighted by Gasteiger charge is 2.64. The first-order chi connectivity index (χ1) is 10.4. The molecule has 0 bridgehead atoms. The fourth-order valence-corrected chi connectivity index (χ4v) is 2.89. The molecular formula is C12H18N6O4. The molecule has 2 aromatic heterocycles. The van der Waals surface area contributed by atoms with Gasteiger partial charge in [-0.3, -0.25) is 0 Å². The number of anilines is 1. The van der Waals surface area contributed by atoms with Gasteiger partial charge in [-0.2, -0.15) is 5.10 Å². The van der Waals surface area contributed by atoms with Crippen LogP contribution in [-0.4, -0.2) is 61.3 Å². The van der Waals surface area contributed by atoms with Gasteiger partial charge in [-0.05, 0) is 6.92 Å². The number of rotatable bonds is 3. The van der Waals surface area contributed by atoms with Gasteiger partial charge in [0.15, 0.2) is 11.5 Å². The van der Waals surface area contributed by atoms with Gasteiger partial charge in [-0.1, -0.05) is 0 Å². The number of aliphatic hydroxyl groups excluding tert-OH is 2. The largest absolute Gasteiger partial charge is 0.394 e. The first-order valence-electron chi connectivity index (χ1n) is 6.64. The van der Waals surface area contributed by atoms with Crippen molar-refractivity contribution in [3.63, 3.8) is 0 Å². The Morgan fingerprint density at radius 1 is 1.50 bits per heavy atom. The number of ether oxygens (including phenoxy) is 2. The van der Waals surface area contributed by atoms with E-state index in [1.807, 2.05) is 0 Å². The van der Waals surface area contributed by atoms with Gasteiger partial charge in [-0.25, -0.2) is 14.5 Å². The number of methoxy groups -OCH3 is 1. The van der Waals surface area contributed by atoms with E-state index >= 15 is 0 Å². The molecule has 1 aliphatic heterocycles. The van der Waals surface area contributed by atoms with Crippen LogP contribution in [0.1, 0.15) is 12.6 Å². The van der Waals surface area contributed by atoms with Crippen LogP contribution in [-0.2, 0) is 15.3 Å². The third-order valence-corrected chi connectivity index (χ3v) is 4.13. The Labute approximate surface area is 125 Å². The van der Waals surface area contributed by atoms with E-state index in [0.29, 0.717) is 11.3 Å². The number of aromatic nitrogens is 4. The average molecular weight is 310 g/mol. The molecule has 3 rings (SSSR count). The number of hydrogen-bond acceptors (Lipinski definition) is 9. The smallest absolute Gasteiger partial charge is 0.235 e. The Hall–Kier alpha value is -1.85. The standard InChI is InChI=1S/C12H18N6O4/c1-11(14)8(20)6(4-19)22-12(11,21-2)7-3-15-10-9(13)16-5-17-18(7)10/h3,5-6,8,19-20H,4,14H2,1-2H3,(H2,13,16,17)/t6-,8-,11-,12-/m1/s1. The molecule has 0 aliphatic carbocycles. The number of hydrogen-bond donors (Lipinski definition) is 4. The van der Waals surface area contributed by atoms with Crippen LogP contribution in [0.25, 0.3) is 5.65 Å². The fraction of sp³-hybridized carbons (Fsp3) is 0.583. The topological polar surface area (TPSA) is 154 Å². The number of nitrogen functional groups attached to an aromatic ring is 1. The average Bonchev–Trinajstić information content (AvgIpc) is 3.01. The zero-order valence-electron chi connectivity index (χ0n) is 12.2. The van der Waals surface area contributed by atoms with E-state index in [-0.39, 0.29) is 5.82 Å². The van der Waals surface area contributed by atoms with E-state index in [1.54, 1.807) is 6.92 Å². The number of fused-ring (bicyclic) bond motifs is 1. The molecule has 10 nitrogen and oxygen atoms in total. The summed E-state index contributed by atoms with van der Waals surface area (Å²) in [4.78, 5) is 8.01. The quantitative estimate of drug-likeness (QED) is 0.502. The van der Waals surface area contributed by atoms with Gasteiger partial charge in [0.1, 0.15) is 29.8 Å². The minimum atomic E-state index is -1.56. The molecule has 0 saturated carbocycles. The lowest BCUT2D eigenvalue weighted by Crippen LogP contribution is -2.60. The van der Waals surface area contributed by atoms with E-state index in [9.17, 15) is 10.2 Å². The molecule has 0 radical (unpaired) electrons. The van der Waals surface area contributed by atoms with Gasteiger partial charge in [0.25, 0.3) is 0 Å². The SMILES string of the molecule is CO[C@]1(c2cnc3c(N)ncnn23)O[C@H](CO)[C@@H](O)[C@@]1(C)N. The van der Waals surface area contributed by atoms with Crippen LogP contribution in [0.4, 0.5) is 5.82 Å². The first-order valence-corrected chi connectivity index (χ1v) is 6.64. The summed E-state index contributed by atoms with van der Waals surface area (Å²) < 4.78 is 12.7. The molecule has 0 unspecified atom stereocenters. The Morgan fingerprint density at radius 2 is 2.23 bits per heavy atom. The summed E-state index contributed by atoms with van der Waals surface area (Å²) in [5, 5.41) is 23.8. The summed E-state index contributed by atoms with van der Waals surface area (Å²) in [5.41, 5.74) is 11.3. The molecule has 10 heteroatoms. The summed E-state index contributed by atoms with van der Waals surface area (Å²) >= 11 is 0. The lowest BCUT2D eigenvalue weighted by molar-refractivity contribution is -0.249. The van der Waals surface area contributed by atoms with Crippen LogP contribution in [0.3, 0.4) is 0 Å². The normalized spacial score (nSPS) is 35.3. The van der Waals surface area contributed by atoms with Crippen molar-refractivity contribution in [1.82, 2.24) is 19.6 Å². The van der Waals surface area contributed by atoms with E-state index < -0.39 is 30.1 Å². The zero-order valence-corrected chi connectivity index (χ0v) is 12.2. The minimum Gasteiger partial charge on any atom is -0.394 e. The van der Waals surface area contributed by atoms with E-state index in [4.69, 9.17) is 20.9 Å². The molecule has 2 aromatic rings. The van der Waals surface area contributed by atoms with E-state index in [0.717, 1.165) is 0 Å². The van der Waals surface area contributed by atoms with Crippen molar-refractivity contribution in [3.05, 3.63) is 18.2 Å². The molecule has 6 N–H and O–H groups in total. The molecule has 22 heavy (non-hydrogen) atoms. The molecular weight excluding hydrogens is 292 g/mol. The molecule has 0 aromatic carbocycles. The van der Waals surface area contributed by atoms with Crippen molar-refractivity contribution >= 4 is 11.5 Å². The minimum absolute atomic E-state index is 0.184. The molecule has 120 valence electrons. The summed E-state index contributed by atoms with van der Waals surface area (Å²) in [5.74, 6) is -1.37. The second kappa shape index (κ2) is 4.83. The maximum Gasteiger partial charge on any atom is 0.235 e. The van der Waals surface area contributed by atoms with Gasteiger partial charge in [0.05, 0.1) is 12.8 Å². The molecule has 4 atom stereocenters. The molecule has 0 spiro atoms. The lowest BCUT2D eigenvalue weighted by Gasteiger charge is -2.38. The van der Waals surface area contributed by atoms with Crippen LogP contribution >= 0.6 is 0 Å². The molecule has 1 aliphatic rings. The number of imidazole rings is 1. The molecule has 1 saturated heterocycles. The first kappa shape index (κ1) is 15.1. The van der Waals surface area contributed by atoms with Crippen molar-refractivity contribution in [2.24, 2.45) is 5.73 Å². The second-order valence-electron chi connectivity index (χ2n) is 5.41. The predicted molar refractivity (Wildman–Crippen MR) is 74.4 cm³/mol. The predicted octanol–water partition coefficient (Wildman–Crippen LogP) is -2.02. The van der Waals surface area contributed by atoms with Crippen molar-refractivity contribution in [1.29, 1.82) is 0 Å². The van der Waals surface area contributed by atoms with Crippen LogP contribution in [0.2, 0.25) is 0 Å². The Balaban J connectivity index is 2.24.